The van der Waals surface area contributed by atoms with Crippen molar-refractivity contribution in [2.24, 2.45) is 0 Å². The fraction of sp³-hybridized carbons (Fsp3) is 0.583. The number of anilines is 1. The summed E-state index contributed by atoms with van der Waals surface area (Å²) in [4.78, 5) is 6.74. The van der Waals surface area contributed by atoms with Gasteiger partial charge < -0.3 is 10.2 Å². The van der Waals surface area contributed by atoms with Crippen LogP contribution in [0.2, 0.25) is 0 Å². The zero-order chi connectivity index (χ0) is 11.1. The molecule has 3 heteroatoms. The van der Waals surface area contributed by atoms with E-state index in [-0.39, 0.29) is 0 Å². The van der Waals surface area contributed by atoms with Gasteiger partial charge in [-0.1, -0.05) is 13.0 Å². The van der Waals surface area contributed by atoms with Gasteiger partial charge in [0.2, 0.25) is 0 Å². The normalized spacial score (nSPS) is 10.3. The summed E-state index contributed by atoms with van der Waals surface area (Å²) in [5.74, 6) is 1.11. The highest BCUT2D eigenvalue weighted by atomic mass is 15.2. The maximum absolute atomic E-state index is 4.46. The van der Waals surface area contributed by atoms with Crippen LogP contribution in [0.5, 0.6) is 0 Å². The van der Waals surface area contributed by atoms with E-state index in [4.69, 9.17) is 0 Å². The summed E-state index contributed by atoms with van der Waals surface area (Å²) in [5.41, 5.74) is 1.28. The van der Waals surface area contributed by atoms with Crippen molar-refractivity contribution in [1.82, 2.24) is 10.3 Å². The van der Waals surface area contributed by atoms with Gasteiger partial charge in [-0.3, -0.25) is 0 Å². The highest BCUT2D eigenvalue weighted by molar-refractivity contribution is 5.46. The van der Waals surface area contributed by atoms with E-state index in [1.54, 1.807) is 0 Å². The van der Waals surface area contributed by atoms with E-state index < -0.39 is 0 Å². The fourth-order valence-electron chi connectivity index (χ4n) is 1.64. The Kier molecular flexibility index (Phi) is 5.12. The summed E-state index contributed by atoms with van der Waals surface area (Å²) in [5, 5.41) is 3.34. The summed E-state index contributed by atoms with van der Waals surface area (Å²) in [6.45, 7) is 10.3. The molecule has 0 saturated heterocycles. The average molecular weight is 207 g/mol. The van der Waals surface area contributed by atoms with Gasteiger partial charge in [0, 0.05) is 31.4 Å². The van der Waals surface area contributed by atoms with Gasteiger partial charge in [-0.2, -0.15) is 0 Å². The molecule has 1 aromatic rings. The molecule has 0 atom stereocenters. The van der Waals surface area contributed by atoms with Crippen LogP contribution in [0.4, 0.5) is 5.82 Å². The second-order valence-corrected chi connectivity index (χ2v) is 3.44. The second kappa shape index (κ2) is 6.40. The summed E-state index contributed by atoms with van der Waals surface area (Å²) in [6, 6.07) is 4.14. The van der Waals surface area contributed by atoms with E-state index in [0.717, 1.165) is 32.0 Å². The van der Waals surface area contributed by atoms with E-state index in [1.807, 2.05) is 12.3 Å². The molecule has 1 aromatic heterocycles. The molecule has 15 heavy (non-hydrogen) atoms. The summed E-state index contributed by atoms with van der Waals surface area (Å²) in [7, 11) is 0. The highest BCUT2D eigenvalue weighted by Crippen LogP contribution is 2.16. The van der Waals surface area contributed by atoms with Crippen LogP contribution >= 0.6 is 0 Å². The molecular weight excluding hydrogens is 186 g/mol. The SMILES string of the molecule is CCNCc1cccnc1N(CC)CC. The third-order valence-electron chi connectivity index (χ3n) is 2.50. The number of pyridine rings is 1. The first-order chi connectivity index (χ1) is 7.33. The Bertz CT molecular complexity index is 282. The maximum Gasteiger partial charge on any atom is 0.132 e. The minimum Gasteiger partial charge on any atom is -0.357 e. The number of rotatable bonds is 6. The van der Waals surface area contributed by atoms with Gasteiger partial charge in [0.25, 0.3) is 0 Å². The van der Waals surface area contributed by atoms with E-state index >= 15 is 0 Å². The third kappa shape index (κ3) is 3.20. The molecule has 84 valence electrons. The summed E-state index contributed by atoms with van der Waals surface area (Å²) in [6.07, 6.45) is 1.86. The predicted molar refractivity (Wildman–Crippen MR) is 65.2 cm³/mol. The van der Waals surface area contributed by atoms with Crippen LogP contribution in [-0.2, 0) is 6.54 Å². The van der Waals surface area contributed by atoms with Crippen LogP contribution in [-0.4, -0.2) is 24.6 Å². The minimum atomic E-state index is 0.899. The van der Waals surface area contributed by atoms with Crippen molar-refractivity contribution < 1.29 is 0 Å². The predicted octanol–water partition coefficient (Wildman–Crippen LogP) is 2.04. The van der Waals surface area contributed by atoms with Crippen LogP contribution < -0.4 is 10.2 Å². The molecule has 0 spiro atoms. The molecule has 0 bridgehead atoms. The Morgan fingerprint density at radius 2 is 2.00 bits per heavy atom. The molecule has 1 rings (SSSR count). The quantitative estimate of drug-likeness (QED) is 0.773. The largest absolute Gasteiger partial charge is 0.357 e. The number of hydrogen-bond donors (Lipinski definition) is 1. The number of aromatic nitrogens is 1. The first-order valence-corrected chi connectivity index (χ1v) is 5.73. The van der Waals surface area contributed by atoms with E-state index in [2.05, 4.69) is 42.0 Å². The molecule has 0 saturated carbocycles. The maximum atomic E-state index is 4.46. The van der Waals surface area contributed by atoms with E-state index in [0.29, 0.717) is 0 Å². The zero-order valence-electron chi connectivity index (χ0n) is 9.95. The monoisotopic (exact) mass is 207 g/mol. The first kappa shape index (κ1) is 12.0. The summed E-state index contributed by atoms with van der Waals surface area (Å²) < 4.78 is 0. The van der Waals surface area contributed by atoms with Gasteiger partial charge in [0.15, 0.2) is 0 Å². The van der Waals surface area contributed by atoms with Gasteiger partial charge >= 0.3 is 0 Å². The Balaban J connectivity index is 2.84. The molecule has 0 amide bonds. The number of nitrogens with one attached hydrogen (secondary N) is 1. The Morgan fingerprint density at radius 3 is 2.60 bits per heavy atom. The average Bonchev–Trinajstić information content (AvgIpc) is 2.29. The number of nitrogens with zero attached hydrogens (tertiary/aromatic N) is 2. The molecule has 0 aliphatic heterocycles. The smallest absolute Gasteiger partial charge is 0.132 e. The van der Waals surface area contributed by atoms with Gasteiger partial charge in [-0.15, -0.1) is 0 Å². The van der Waals surface area contributed by atoms with Crippen LogP contribution in [0, 0.1) is 0 Å². The van der Waals surface area contributed by atoms with Crippen LogP contribution in [0.3, 0.4) is 0 Å². The molecule has 0 fully saturated rings. The lowest BCUT2D eigenvalue weighted by atomic mass is 10.2. The van der Waals surface area contributed by atoms with E-state index in [9.17, 15) is 0 Å². The Morgan fingerprint density at radius 1 is 1.27 bits per heavy atom. The lowest BCUT2D eigenvalue weighted by molar-refractivity contribution is 0.716. The molecule has 0 aliphatic rings. The van der Waals surface area contributed by atoms with Gasteiger partial charge in [0.05, 0.1) is 0 Å². The molecule has 1 heterocycles. The molecule has 0 aromatic carbocycles. The fourth-order valence-corrected chi connectivity index (χ4v) is 1.64. The molecule has 3 nitrogen and oxygen atoms in total. The van der Waals surface area contributed by atoms with Crippen molar-refractivity contribution in [1.29, 1.82) is 0 Å². The first-order valence-electron chi connectivity index (χ1n) is 5.73. The van der Waals surface area contributed by atoms with Gasteiger partial charge in [-0.05, 0) is 26.5 Å². The highest BCUT2D eigenvalue weighted by Gasteiger charge is 2.08. The lowest BCUT2D eigenvalue weighted by Gasteiger charge is -2.22. The van der Waals surface area contributed by atoms with Crippen LogP contribution in [0.1, 0.15) is 26.3 Å². The Labute approximate surface area is 92.5 Å². The van der Waals surface area contributed by atoms with Crippen molar-refractivity contribution in [3.63, 3.8) is 0 Å². The van der Waals surface area contributed by atoms with Crippen molar-refractivity contribution in [3.05, 3.63) is 23.9 Å². The third-order valence-corrected chi connectivity index (χ3v) is 2.50. The molecule has 0 aliphatic carbocycles. The van der Waals surface area contributed by atoms with Crippen LogP contribution in [0.15, 0.2) is 18.3 Å². The molecular formula is C12H21N3. The van der Waals surface area contributed by atoms with Crippen molar-refractivity contribution >= 4 is 5.82 Å². The second-order valence-electron chi connectivity index (χ2n) is 3.44. The van der Waals surface area contributed by atoms with E-state index in [1.165, 1.54) is 5.56 Å². The van der Waals surface area contributed by atoms with Crippen LogP contribution in [0.25, 0.3) is 0 Å². The Hall–Kier alpha value is -1.09. The number of hydrogen-bond acceptors (Lipinski definition) is 3. The molecule has 1 N–H and O–H groups in total. The van der Waals surface area contributed by atoms with Crippen molar-refractivity contribution in [2.45, 2.75) is 27.3 Å². The van der Waals surface area contributed by atoms with Crippen molar-refractivity contribution in [3.8, 4) is 0 Å². The molecule has 0 unspecified atom stereocenters. The standard InChI is InChI=1S/C12H21N3/c1-4-13-10-11-8-7-9-14-12(11)15(5-2)6-3/h7-9,13H,4-6,10H2,1-3H3. The van der Waals surface area contributed by atoms with Crippen molar-refractivity contribution in [2.75, 3.05) is 24.5 Å². The molecule has 0 radical (unpaired) electrons. The zero-order valence-corrected chi connectivity index (χ0v) is 9.95. The van der Waals surface area contributed by atoms with Gasteiger partial charge in [-0.25, -0.2) is 4.98 Å². The van der Waals surface area contributed by atoms with Gasteiger partial charge in [0.1, 0.15) is 5.82 Å². The summed E-state index contributed by atoms with van der Waals surface area (Å²) >= 11 is 0. The lowest BCUT2D eigenvalue weighted by Crippen LogP contribution is -2.25. The minimum absolute atomic E-state index is 0.899. The topological polar surface area (TPSA) is 28.2 Å².